The molecule has 1 atom stereocenters. The summed E-state index contributed by atoms with van der Waals surface area (Å²) in [5, 5.41) is 0. The molecular weight excluding hydrogens is 264 g/mol. The number of ether oxygens (including phenoxy) is 1. The number of imidazole rings is 1. The van der Waals surface area contributed by atoms with Crippen LogP contribution in [0, 0.1) is 5.92 Å². The number of hydrogen-bond acceptors (Lipinski definition) is 4. The molecule has 0 radical (unpaired) electrons. The fourth-order valence-corrected chi connectivity index (χ4v) is 2.84. The van der Waals surface area contributed by atoms with Gasteiger partial charge in [0.15, 0.2) is 0 Å². The summed E-state index contributed by atoms with van der Waals surface area (Å²) in [5.41, 5.74) is 2.53. The second-order valence-corrected chi connectivity index (χ2v) is 5.74. The normalized spacial score (nSPS) is 20.3. The van der Waals surface area contributed by atoms with Crippen molar-refractivity contribution in [3.63, 3.8) is 0 Å². The van der Waals surface area contributed by atoms with Gasteiger partial charge in [-0.3, -0.25) is 9.88 Å². The summed E-state index contributed by atoms with van der Waals surface area (Å²) in [7, 11) is 2.05. The molecule has 0 aliphatic carbocycles. The Morgan fingerprint density at radius 2 is 2.29 bits per heavy atom. The highest BCUT2D eigenvalue weighted by Gasteiger charge is 2.20. The topological polar surface area (TPSA) is 43.2 Å². The average molecular weight is 286 g/mol. The Morgan fingerprint density at radius 1 is 1.33 bits per heavy atom. The van der Waals surface area contributed by atoms with Crippen molar-refractivity contribution in [1.82, 2.24) is 19.4 Å². The summed E-state index contributed by atoms with van der Waals surface area (Å²) >= 11 is 0. The molecule has 0 saturated carbocycles. The minimum absolute atomic E-state index is 0.518. The van der Waals surface area contributed by atoms with E-state index in [1.165, 1.54) is 11.3 Å². The molecule has 3 heterocycles. The Labute approximate surface area is 125 Å². The lowest BCUT2D eigenvalue weighted by Crippen LogP contribution is -2.31. The second-order valence-electron chi connectivity index (χ2n) is 5.74. The van der Waals surface area contributed by atoms with E-state index in [-0.39, 0.29) is 0 Å². The molecule has 0 amide bonds. The number of aryl methyl sites for hydroxylation is 1. The minimum Gasteiger partial charge on any atom is -0.380 e. The van der Waals surface area contributed by atoms with Gasteiger partial charge < -0.3 is 9.30 Å². The molecular formula is C16H22N4O. The molecule has 2 aromatic heterocycles. The van der Waals surface area contributed by atoms with Crippen LogP contribution < -0.4 is 0 Å². The van der Waals surface area contributed by atoms with E-state index in [4.69, 9.17) is 4.74 Å². The molecule has 3 rings (SSSR count). The molecule has 1 fully saturated rings. The predicted octanol–water partition coefficient (Wildman–Crippen LogP) is 1.51. The third-order valence-electron chi connectivity index (χ3n) is 3.97. The number of hydrogen-bond donors (Lipinski definition) is 0. The second kappa shape index (κ2) is 6.83. The van der Waals surface area contributed by atoms with Gasteiger partial charge in [-0.25, -0.2) is 4.98 Å². The number of aromatic nitrogens is 3. The molecule has 2 aromatic rings. The first kappa shape index (κ1) is 14.2. The van der Waals surface area contributed by atoms with E-state index >= 15 is 0 Å². The third kappa shape index (κ3) is 3.89. The van der Waals surface area contributed by atoms with Gasteiger partial charge in [-0.2, -0.15) is 0 Å². The van der Waals surface area contributed by atoms with Crippen molar-refractivity contribution in [2.24, 2.45) is 13.0 Å². The van der Waals surface area contributed by atoms with E-state index in [0.717, 1.165) is 39.3 Å². The molecule has 112 valence electrons. The quantitative estimate of drug-likeness (QED) is 0.854. The van der Waals surface area contributed by atoms with E-state index in [2.05, 4.69) is 25.5 Å². The molecule has 0 N–H and O–H groups in total. The largest absolute Gasteiger partial charge is 0.380 e. The lowest BCUT2D eigenvalue weighted by atomic mass is 10.0. The summed E-state index contributed by atoms with van der Waals surface area (Å²) in [6.07, 6.45) is 8.60. The average Bonchev–Trinajstić information content (AvgIpc) is 2.76. The molecule has 1 aliphatic rings. The lowest BCUT2D eigenvalue weighted by Gasteiger charge is -2.23. The van der Waals surface area contributed by atoms with E-state index in [1.54, 1.807) is 0 Å². The van der Waals surface area contributed by atoms with Crippen molar-refractivity contribution in [2.75, 3.05) is 26.3 Å². The summed E-state index contributed by atoms with van der Waals surface area (Å²) in [6.45, 7) is 4.61. The van der Waals surface area contributed by atoms with Crippen LogP contribution in [0.4, 0.5) is 0 Å². The first-order chi connectivity index (χ1) is 10.3. The molecule has 21 heavy (non-hydrogen) atoms. The van der Waals surface area contributed by atoms with Crippen LogP contribution in [0.15, 0.2) is 37.1 Å². The van der Waals surface area contributed by atoms with Crippen LogP contribution >= 0.6 is 0 Å². The zero-order valence-corrected chi connectivity index (χ0v) is 12.5. The van der Waals surface area contributed by atoms with Gasteiger partial charge in [-0.1, -0.05) is 6.07 Å². The van der Waals surface area contributed by atoms with Crippen LogP contribution in [-0.2, 0) is 24.8 Å². The van der Waals surface area contributed by atoms with Crippen LogP contribution in [0.5, 0.6) is 0 Å². The maximum Gasteiger partial charge on any atom is 0.0945 e. The van der Waals surface area contributed by atoms with Gasteiger partial charge in [0.1, 0.15) is 0 Å². The van der Waals surface area contributed by atoms with Crippen LogP contribution in [-0.4, -0.2) is 45.7 Å². The Morgan fingerprint density at radius 3 is 3.05 bits per heavy atom. The molecule has 5 heteroatoms. The molecule has 5 nitrogen and oxygen atoms in total. The fourth-order valence-electron chi connectivity index (χ4n) is 2.84. The van der Waals surface area contributed by atoms with Crippen molar-refractivity contribution in [1.29, 1.82) is 0 Å². The van der Waals surface area contributed by atoms with Crippen molar-refractivity contribution in [2.45, 2.75) is 13.0 Å². The summed E-state index contributed by atoms with van der Waals surface area (Å²) in [6, 6.07) is 4.14. The van der Waals surface area contributed by atoms with Gasteiger partial charge in [-0.05, 0) is 24.0 Å². The predicted molar refractivity (Wildman–Crippen MR) is 80.7 cm³/mol. The van der Waals surface area contributed by atoms with Crippen LogP contribution in [0.25, 0.3) is 0 Å². The van der Waals surface area contributed by atoms with E-state index in [0.29, 0.717) is 5.92 Å². The van der Waals surface area contributed by atoms with Gasteiger partial charge >= 0.3 is 0 Å². The van der Waals surface area contributed by atoms with Crippen molar-refractivity contribution >= 4 is 0 Å². The number of pyridine rings is 1. The van der Waals surface area contributed by atoms with E-state index in [9.17, 15) is 0 Å². The van der Waals surface area contributed by atoms with Gasteiger partial charge in [-0.15, -0.1) is 0 Å². The first-order valence-electron chi connectivity index (χ1n) is 7.45. The van der Waals surface area contributed by atoms with Gasteiger partial charge in [0.05, 0.1) is 25.2 Å². The Balaban J connectivity index is 1.62. The SMILES string of the molecule is Cn1cncc1CN1CCOCC(Cc2cccnc2)C1. The molecule has 0 bridgehead atoms. The highest BCUT2D eigenvalue weighted by molar-refractivity contribution is 5.09. The highest BCUT2D eigenvalue weighted by Crippen LogP contribution is 2.15. The van der Waals surface area contributed by atoms with Crippen LogP contribution in [0.1, 0.15) is 11.3 Å². The Hall–Kier alpha value is -1.72. The fraction of sp³-hybridized carbons (Fsp3) is 0.500. The molecule has 0 spiro atoms. The van der Waals surface area contributed by atoms with Gasteiger partial charge in [0.2, 0.25) is 0 Å². The standard InChI is InChI=1S/C16H22N4O/c1-19-13-18-9-16(19)11-20-5-6-21-12-15(10-20)7-14-3-2-4-17-8-14/h2-4,8-9,13,15H,5-7,10-12H2,1H3. The van der Waals surface area contributed by atoms with E-state index < -0.39 is 0 Å². The van der Waals surface area contributed by atoms with Crippen LogP contribution in [0.2, 0.25) is 0 Å². The summed E-state index contributed by atoms with van der Waals surface area (Å²) < 4.78 is 7.86. The van der Waals surface area contributed by atoms with Gasteiger partial charge in [0.25, 0.3) is 0 Å². The summed E-state index contributed by atoms with van der Waals surface area (Å²) in [4.78, 5) is 10.9. The zero-order chi connectivity index (χ0) is 14.5. The number of rotatable bonds is 4. The monoisotopic (exact) mass is 286 g/mol. The van der Waals surface area contributed by atoms with Crippen molar-refractivity contribution in [3.05, 3.63) is 48.3 Å². The van der Waals surface area contributed by atoms with Crippen molar-refractivity contribution < 1.29 is 4.74 Å². The van der Waals surface area contributed by atoms with Crippen LogP contribution in [0.3, 0.4) is 0 Å². The van der Waals surface area contributed by atoms with Gasteiger partial charge in [0, 0.05) is 45.3 Å². The van der Waals surface area contributed by atoms with Crippen molar-refractivity contribution in [3.8, 4) is 0 Å². The molecule has 1 aliphatic heterocycles. The first-order valence-corrected chi connectivity index (χ1v) is 7.45. The third-order valence-corrected chi connectivity index (χ3v) is 3.97. The maximum absolute atomic E-state index is 5.77. The summed E-state index contributed by atoms with van der Waals surface area (Å²) in [5.74, 6) is 0.518. The lowest BCUT2D eigenvalue weighted by molar-refractivity contribution is 0.121. The molecule has 1 unspecified atom stereocenters. The minimum atomic E-state index is 0.518. The smallest absolute Gasteiger partial charge is 0.0945 e. The number of nitrogens with zero attached hydrogens (tertiary/aromatic N) is 4. The molecule has 0 aromatic carbocycles. The Bertz CT molecular complexity index is 554. The molecule has 1 saturated heterocycles. The maximum atomic E-state index is 5.77. The van der Waals surface area contributed by atoms with E-state index in [1.807, 2.05) is 38.0 Å². The Kier molecular flexibility index (Phi) is 4.62. The zero-order valence-electron chi connectivity index (χ0n) is 12.5. The highest BCUT2D eigenvalue weighted by atomic mass is 16.5.